The first-order valence-electron chi connectivity index (χ1n) is 11.1. The summed E-state index contributed by atoms with van der Waals surface area (Å²) < 4.78 is 17.5. The number of amides is 1. The van der Waals surface area contributed by atoms with E-state index in [4.69, 9.17) is 24.5 Å². The first-order valence-corrected chi connectivity index (χ1v) is 11.1. The Hall–Kier alpha value is -4.07. The highest BCUT2D eigenvalue weighted by atomic mass is 16.7. The average Bonchev–Trinajstić information content (AvgIpc) is 3.17. The van der Waals surface area contributed by atoms with E-state index in [1.165, 1.54) is 10.6 Å². The molecule has 176 valence electrons. The van der Waals surface area contributed by atoms with Crippen LogP contribution in [0, 0.1) is 19.3 Å². The SMILES string of the molecule is CCOc1cc(/C=C2/C(=N)N3OC(C)=CC3=NC2=O)ccc1OCCOc1ccc(C)cc1C. The zero-order valence-corrected chi connectivity index (χ0v) is 19.7. The number of allylic oxidation sites excluding steroid dienone is 1. The second-order valence-electron chi connectivity index (χ2n) is 7.93. The molecule has 0 aliphatic carbocycles. The van der Waals surface area contributed by atoms with E-state index in [1.807, 2.05) is 32.9 Å². The summed E-state index contributed by atoms with van der Waals surface area (Å²) >= 11 is 0. The molecule has 34 heavy (non-hydrogen) atoms. The van der Waals surface area contributed by atoms with Crippen LogP contribution in [0.15, 0.2) is 58.8 Å². The van der Waals surface area contributed by atoms with Crippen molar-refractivity contribution in [2.75, 3.05) is 19.8 Å². The van der Waals surface area contributed by atoms with E-state index in [9.17, 15) is 4.79 Å². The Kier molecular flexibility index (Phi) is 6.67. The minimum absolute atomic E-state index is 0.0649. The van der Waals surface area contributed by atoms with Gasteiger partial charge >= 0.3 is 0 Å². The first kappa shape index (κ1) is 23.1. The Bertz CT molecular complexity index is 1230. The average molecular weight is 462 g/mol. The van der Waals surface area contributed by atoms with Crippen molar-refractivity contribution in [3.63, 3.8) is 0 Å². The first-order chi connectivity index (χ1) is 16.4. The van der Waals surface area contributed by atoms with Gasteiger partial charge in [-0.2, -0.15) is 4.99 Å². The molecule has 2 heterocycles. The van der Waals surface area contributed by atoms with Crippen molar-refractivity contribution in [2.24, 2.45) is 4.99 Å². The summed E-state index contributed by atoms with van der Waals surface area (Å²) in [5, 5.41) is 9.59. The van der Waals surface area contributed by atoms with E-state index in [-0.39, 0.29) is 11.4 Å². The van der Waals surface area contributed by atoms with Crippen molar-refractivity contribution in [3.8, 4) is 17.2 Å². The minimum atomic E-state index is -0.493. The third kappa shape index (κ3) is 4.96. The normalized spacial score (nSPS) is 16.1. The largest absolute Gasteiger partial charge is 0.490 e. The van der Waals surface area contributed by atoms with E-state index in [1.54, 1.807) is 37.3 Å². The van der Waals surface area contributed by atoms with Crippen LogP contribution in [0.2, 0.25) is 0 Å². The summed E-state index contributed by atoms with van der Waals surface area (Å²) in [6.45, 7) is 8.86. The van der Waals surface area contributed by atoms with Crippen molar-refractivity contribution in [1.82, 2.24) is 5.06 Å². The Labute approximate surface area is 198 Å². The second-order valence-corrected chi connectivity index (χ2v) is 7.93. The van der Waals surface area contributed by atoms with Crippen LogP contribution in [0.1, 0.15) is 30.5 Å². The lowest BCUT2D eigenvalue weighted by Gasteiger charge is -2.23. The summed E-state index contributed by atoms with van der Waals surface area (Å²) in [6, 6.07) is 11.4. The van der Waals surface area contributed by atoms with Gasteiger partial charge in [-0.15, -0.1) is 5.06 Å². The van der Waals surface area contributed by atoms with Gasteiger partial charge in [-0.05, 0) is 63.1 Å². The highest BCUT2D eigenvalue weighted by Crippen LogP contribution is 2.31. The van der Waals surface area contributed by atoms with Gasteiger partial charge in [0, 0.05) is 6.08 Å². The summed E-state index contributed by atoms with van der Waals surface area (Å²) in [6.07, 6.45) is 3.21. The number of aryl methyl sites for hydroxylation is 2. The third-order valence-corrected chi connectivity index (χ3v) is 5.19. The van der Waals surface area contributed by atoms with Crippen molar-refractivity contribution >= 4 is 23.7 Å². The zero-order chi connectivity index (χ0) is 24.2. The van der Waals surface area contributed by atoms with E-state index in [0.29, 0.717) is 48.5 Å². The molecule has 8 heteroatoms. The van der Waals surface area contributed by atoms with Crippen LogP contribution in [0.5, 0.6) is 17.2 Å². The number of benzene rings is 2. The van der Waals surface area contributed by atoms with Crippen LogP contribution < -0.4 is 14.2 Å². The number of aliphatic imine (C=N–C) groups is 1. The predicted octanol–water partition coefficient (Wildman–Crippen LogP) is 4.61. The number of ether oxygens (including phenoxy) is 3. The van der Waals surface area contributed by atoms with Gasteiger partial charge in [0.05, 0.1) is 12.2 Å². The van der Waals surface area contributed by atoms with Crippen LogP contribution in [-0.2, 0) is 9.63 Å². The summed E-state index contributed by atoms with van der Waals surface area (Å²) in [4.78, 5) is 22.0. The molecule has 2 aromatic carbocycles. The summed E-state index contributed by atoms with van der Waals surface area (Å²) in [5.41, 5.74) is 3.08. The van der Waals surface area contributed by atoms with E-state index < -0.39 is 5.91 Å². The van der Waals surface area contributed by atoms with Crippen molar-refractivity contribution < 1.29 is 23.8 Å². The molecule has 8 nitrogen and oxygen atoms in total. The lowest BCUT2D eigenvalue weighted by Crippen LogP contribution is -2.38. The fourth-order valence-electron chi connectivity index (χ4n) is 3.63. The number of amidine groups is 2. The molecule has 0 saturated carbocycles. The monoisotopic (exact) mass is 461 g/mol. The molecule has 0 bridgehead atoms. The van der Waals surface area contributed by atoms with Gasteiger partial charge in [-0.1, -0.05) is 23.8 Å². The molecule has 2 aliphatic rings. The maximum absolute atomic E-state index is 12.5. The predicted molar refractivity (Wildman–Crippen MR) is 129 cm³/mol. The number of hydrogen-bond acceptors (Lipinski definition) is 6. The summed E-state index contributed by atoms with van der Waals surface area (Å²) in [7, 11) is 0. The molecule has 0 unspecified atom stereocenters. The highest BCUT2D eigenvalue weighted by Gasteiger charge is 2.34. The number of fused-ring (bicyclic) bond motifs is 1. The lowest BCUT2D eigenvalue weighted by atomic mass is 10.1. The molecular formula is C26H27N3O5. The number of nitrogens with zero attached hydrogens (tertiary/aromatic N) is 2. The van der Waals surface area contributed by atoms with E-state index in [0.717, 1.165) is 11.3 Å². The molecule has 1 N–H and O–H groups in total. The maximum atomic E-state index is 12.5. The minimum Gasteiger partial charge on any atom is -0.490 e. The zero-order valence-electron chi connectivity index (χ0n) is 19.7. The second kappa shape index (κ2) is 9.82. The van der Waals surface area contributed by atoms with Gasteiger partial charge in [-0.25, -0.2) is 0 Å². The van der Waals surface area contributed by atoms with Crippen molar-refractivity contribution in [3.05, 3.63) is 70.5 Å². The smallest absolute Gasteiger partial charge is 0.282 e. The number of carbonyl (C=O) groups excluding carboxylic acids is 1. The molecule has 0 aromatic heterocycles. The van der Waals surface area contributed by atoms with Gasteiger partial charge < -0.3 is 19.0 Å². The topological polar surface area (TPSA) is 93.4 Å². The molecule has 0 spiro atoms. The van der Waals surface area contributed by atoms with Gasteiger partial charge in [-0.3, -0.25) is 10.2 Å². The van der Waals surface area contributed by atoms with Gasteiger partial charge in [0.1, 0.15) is 24.7 Å². The number of carbonyl (C=O) groups is 1. The molecule has 0 atom stereocenters. The molecule has 0 saturated heterocycles. The fraction of sp³-hybridized carbons (Fsp3) is 0.269. The quantitative estimate of drug-likeness (QED) is 0.456. The number of rotatable bonds is 8. The molecule has 1 amide bonds. The molecule has 2 aliphatic heterocycles. The number of hydrogen-bond donors (Lipinski definition) is 1. The molecule has 0 radical (unpaired) electrons. The standard InChI is InChI=1S/C26H27N3O5/c1-5-31-23-15-19(14-20-25(27)29-24(28-26(20)30)13-18(4)34-29)7-9-22(23)33-11-10-32-21-8-6-16(2)12-17(21)3/h6-9,12-15,27H,5,10-11H2,1-4H3/b20-14-,27-25?. The van der Waals surface area contributed by atoms with E-state index in [2.05, 4.69) is 11.1 Å². The van der Waals surface area contributed by atoms with Gasteiger partial charge in [0.25, 0.3) is 5.91 Å². The molecular weight excluding hydrogens is 434 g/mol. The third-order valence-electron chi connectivity index (χ3n) is 5.19. The van der Waals surface area contributed by atoms with Crippen molar-refractivity contribution in [2.45, 2.75) is 27.7 Å². The van der Waals surface area contributed by atoms with E-state index >= 15 is 0 Å². The Morgan fingerprint density at radius 3 is 2.47 bits per heavy atom. The lowest BCUT2D eigenvalue weighted by molar-refractivity contribution is -0.114. The molecule has 0 fully saturated rings. The molecule has 2 aromatic rings. The summed E-state index contributed by atoms with van der Waals surface area (Å²) in [5.74, 6) is 2.26. The Morgan fingerprint density at radius 1 is 1.00 bits per heavy atom. The maximum Gasteiger partial charge on any atom is 0.282 e. The fourth-order valence-corrected chi connectivity index (χ4v) is 3.63. The molecule has 4 rings (SSSR count). The van der Waals surface area contributed by atoms with Crippen molar-refractivity contribution in [1.29, 1.82) is 5.41 Å². The van der Waals surface area contributed by atoms with Crippen LogP contribution >= 0.6 is 0 Å². The Morgan fingerprint density at radius 2 is 1.74 bits per heavy atom. The highest BCUT2D eigenvalue weighted by molar-refractivity contribution is 6.32. The Balaban J connectivity index is 1.45. The van der Waals surface area contributed by atoms with Crippen LogP contribution in [0.25, 0.3) is 6.08 Å². The number of hydroxylamine groups is 2. The van der Waals surface area contributed by atoms with Gasteiger partial charge in [0.2, 0.25) is 0 Å². The van der Waals surface area contributed by atoms with Gasteiger partial charge in [0.15, 0.2) is 23.2 Å². The van der Waals surface area contributed by atoms with Crippen LogP contribution in [0.3, 0.4) is 0 Å². The van der Waals surface area contributed by atoms with Crippen LogP contribution in [0.4, 0.5) is 0 Å². The number of nitrogens with one attached hydrogen (secondary N) is 1. The van der Waals surface area contributed by atoms with Crippen LogP contribution in [-0.4, -0.2) is 42.5 Å².